The number of aliphatic hydroxyl groups is 1. The van der Waals surface area contributed by atoms with Crippen molar-refractivity contribution in [2.45, 2.75) is 31.7 Å². The largest absolute Gasteiger partial charge is 0.477 e. The summed E-state index contributed by atoms with van der Waals surface area (Å²) in [5.74, 6) is -0.878. The third-order valence-electron chi connectivity index (χ3n) is 3.47. The van der Waals surface area contributed by atoms with Crippen LogP contribution in [0.4, 0.5) is 0 Å². The van der Waals surface area contributed by atoms with Gasteiger partial charge in [0, 0.05) is 5.75 Å². The highest BCUT2D eigenvalue weighted by molar-refractivity contribution is 8.22. The zero-order valence-electron chi connectivity index (χ0n) is 12.4. The Hall–Kier alpha value is -1.19. The topological polar surface area (TPSA) is 116 Å². The number of aliphatic imine (C=N–C) groups is 1. The molecular weight excluding hydrogens is 326 g/mol. The Balaban J connectivity index is 2.08. The molecule has 2 aliphatic heterocycles. The molecule has 0 saturated carbocycles. The lowest BCUT2D eigenvalue weighted by Gasteiger charge is -2.44. The molecule has 3 atom stereocenters. The number of rotatable bonds is 7. The van der Waals surface area contributed by atoms with Gasteiger partial charge in [-0.25, -0.2) is 4.79 Å². The van der Waals surface area contributed by atoms with E-state index in [9.17, 15) is 19.8 Å². The van der Waals surface area contributed by atoms with Gasteiger partial charge in [-0.15, -0.1) is 11.8 Å². The van der Waals surface area contributed by atoms with E-state index in [2.05, 4.69) is 4.99 Å². The number of hydrogen-bond acceptors (Lipinski definition) is 6. The Bertz CT molecular complexity index is 545. The number of aliphatic hydroxyl groups excluding tert-OH is 1. The number of carboxylic acid groups (broad SMARTS) is 1. The maximum Gasteiger partial charge on any atom is 0.354 e. The highest BCUT2D eigenvalue weighted by Crippen LogP contribution is 2.53. The number of β-lactam (4-membered cyclic amide) rings is 1. The summed E-state index contributed by atoms with van der Waals surface area (Å²) in [6.07, 6.45) is -0.262. The summed E-state index contributed by atoms with van der Waals surface area (Å²) in [4.78, 5) is 28.9. The van der Waals surface area contributed by atoms with E-state index in [1.54, 1.807) is 13.8 Å². The van der Waals surface area contributed by atoms with Crippen LogP contribution >= 0.6 is 23.5 Å². The molecular formula is C13H19N3O4S2. The van der Waals surface area contributed by atoms with Gasteiger partial charge in [0.25, 0.3) is 0 Å². The second-order valence-electron chi connectivity index (χ2n) is 5.03. The molecule has 0 bridgehead atoms. The molecule has 0 radical (unpaired) electrons. The van der Waals surface area contributed by atoms with Crippen LogP contribution < -0.4 is 5.73 Å². The maximum absolute atomic E-state index is 12.1. The van der Waals surface area contributed by atoms with Crippen LogP contribution in [0.2, 0.25) is 0 Å². The molecule has 122 valence electrons. The van der Waals surface area contributed by atoms with Gasteiger partial charge in [-0.1, -0.05) is 18.7 Å². The van der Waals surface area contributed by atoms with Crippen LogP contribution in [0.5, 0.6) is 0 Å². The molecule has 4 N–H and O–H groups in total. The summed E-state index contributed by atoms with van der Waals surface area (Å²) in [5.41, 5.74) is 5.48. The van der Waals surface area contributed by atoms with Crippen molar-refractivity contribution in [2.24, 2.45) is 16.6 Å². The van der Waals surface area contributed by atoms with Gasteiger partial charge in [0.2, 0.25) is 5.91 Å². The first-order valence-electron chi connectivity index (χ1n) is 6.93. The summed E-state index contributed by atoms with van der Waals surface area (Å²) >= 11 is 2.70. The van der Waals surface area contributed by atoms with Crippen LogP contribution in [0.25, 0.3) is 0 Å². The zero-order chi connectivity index (χ0) is 16.4. The molecule has 7 nitrogen and oxygen atoms in total. The minimum absolute atomic E-state index is 0.0259. The lowest BCUT2D eigenvalue weighted by Crippen LogP contribution is -2.61. The number of fused-ring (bicyclic) bond motifs is 1. The standard InChI is InChI=1S/C13H19N3O4S2/c1-3-7(17)8-10(18)16-9(12(19)20)13(22-11(8)16)21-5-4-15-6(2)14/h7-8,11,17H,3-5H2,1-2H3,(H2,14,15)(H,19,20). The summed E-state index contributed by atoms with van der Waals surface area (Å²) in [5, 5.41) is 19.0. The third-order valence-corrected chi connectivity index (χ3v) is 6.10. The van der Waals surface area contributed by atoms with Gasteiger partial charge in [-0.2, -0.15) is 0 Å². The molecule has 22 heavy (non-hydrogen) atoms. The quantitative estimate of drug-likeness (QED) is 0.268. The number of hydrogen-bond donors (Lipinski definition) is 3. The molecule has 0 aliphatic carbocycles. The number of carbonyl (C=O) groups is 2. The molecule has 2 rings (SSSR count). The molecule has 0 spiro atoms. The fraction of sp³-hybridized carbons (Fsp3) is 0.615. The summed E-state index contributed by atoms with van der Waals surface area (Å²) in [7, 11) is 0. The van der Waals surface area contributed by atoms with E-state index in [4.69, 9.17) is 5.73 Å². The first kappa shape index (κ1) is 17.2. The van der Waals surface area contributed by atoms with E-state index in [0.29, 0.717) is 28.8 Å². The van der Waals surface area contributed by atoms with Crippen molar-refractivity contribution >= 4 is 41.2 Å². The first-order valence-corrected chi connectivity index (χ1v) is 8.79. The number of amides is 1. The van der Waals surface area contributed by atoms with Gasteiger partial charge in [0.1, 0.15) is 5.37 Å². The van der Waals surface area contributed by atoms with Gasteiger partial charge in [0.15, 0.2) is 5.70 Å². The minimum atomic E-state index is -1.12. The normalized spacial score (nSPS) is 26.0. The number of thioether (sulfide) groups is 2. The van der Waals surface area contributed by atoms with E-state index in [1.165, 1.54) is 28.4 Å². The highest BCUT2D eigenvalue weighted by Gasteiger charge is 2.58. The Labute approximate surface area is 137 Å². The molecule has 1 fully saturated rings. The van der Waals surface area contributed by atoms with Gasteiger partial charge in [-0.3, -0.25) is 14.7 Å². The van der Waals surface area contributed by atoms with Crippen molar-refractivity contribution in [1.82, 2.24) is 4.90 Å². The minimum Gasteiger partial charge on any atom is -0.477 e. The molecule has 9 heteroatoms. The summed E-state index contributed by atoms with van der Waals surface area (Å²) in [6, 6.07) is 0. The van der Waals surface area contributed by atoms with E-state index in [1.807, 2.05) is 0 Å². The molecule has 1 amide bonds. The third kappa shape index (κ3) is 3.11. The summed E-state index contributed by atoms with van der Waals surface area (Å²) in [6.45, 7) is 3.98. The number of nitrogens with two attached hydrogens (primary N) is 1. The fourth-order valence-corrected chi connectivity index (χ4v) is 5.16. The fourth-order valence-electron chi connectivity index (χ4n) is 2.38. The average Bonchev–Trinajstić information content (AvgIpc) is 2.78. The van der Waals surface area contributed by atoms with Crippen LogP contribution in [0.1, 0.15) is 20.3 Å². The number of carbonyl (C=O) groups excluding carboxylic acids is 1. The SMILES string of the molecule is CCC(O)C1C(=O)N2C(C(=O)O)=C(SCCN=C(C)N)SC12. The van der Waals surface area contributed by atoms with Crippen LogP contribution in [0.15, 0.2) is 14.9 Å². The lowest BCUT2D eigenvalue weighted by molar-refractivity contribution is -0.157. The zero-order valence-corrected chi connectivity index (χ0v) is 14.0. The van der Waals surface area contributed by atoms with Crippen molar-refractivity contribution in [1.29, 1.82) is 0 Å². The molecule has 3 unspecified atom stereocenters. The molecule has 0 aromatic heterocycles. The first-order chi connectivity index (χ1) is 10.4. The van der Waals surface area contributed by atoms with Crippen molar-refractivity contribution in [3.8, 4) is 0 Å². The summed E-state index contributed by atoms with van der Waals surface area (Å²) < 4.78 is 0.599. The second-order valence-corrected chi connectivity index (χ2v) is 7.52. The number of nitrogens with zero attached hydrogens (tertiary/aromatic N) is 2. The number of amidine groups is 1. The van der Waals surface area contributed by atoms with Crippen LogP contribution in [0.3, 0.4) is 0 Å². The maximum atomic E-state index is 12.1. The lowest BCUT2D eigenvalue weighted by atomic mass is 9.90. The van der Waals surface area contributed by atoms with Crippen LogP contribution in [-0.2, 0) is 9.59 Å². The Morgan fingerprint density at radius 3 is 2.82 bits per heavy atom. The second kappa shape index (κ2) is 6.93. The van der Waals surface area contributed by atoms with Gasteiger partial charge in [0.05, 0.1) is 28.6 Å². The molecule has 0 aromatic rings. The van der Waals surface area contributed by atoms with Gasteiger partial charge >= 0.3 is 5.97 Å². The highest BCUT2D eigenvalue weighted by atomic mass is 32.2. The van der Waals surface area contributed by atoms with Crippen LogP contribution in [-0.4, -0.2) is 56.6 Å². The van der Waals surface area contributed by atoms with Gasteiger partial charge < -0.3 is 15.9 Å². The predicted octanol–water partition coefficient (Wildman–Crippen LogP) is 0.653. The van der Waals surface area contributed by atoms with E-state index in [0.717, 1.165) is 0 Å². The van der Waals surface area contributed by atoms with Crippen molar-refractivity contribution in [3.05, 3.63) is 9.93 Å². The van der Waals surface area contributed by atoms with Crippen LogP contribution in [0, 0.1) is 5.92 Å². The molecule has 2 aliphatic rings. The number of carboxylic acids is 1. The smallest absolute Gasteiger partial charge is 0.354 e. The van der Waals surface area contributed by atoms with Crippen molar-refractivity contribution in [2.75, 3.05) is 12.3 Å². The predicted molar refractivity (Wildman–Crippen MR) is 87.3 cm³/mol. The van der Waals surface area contributed by atoms with E-state index in [-0.39, 0.29) is 17.0 Å². The Morgan fingerprint density at radius 2 is 2.27 bits per heavy atom. The number of aliphatic carboxylic acids is 1. The van der Waals surface area contributed by atoms with Crippen molar-refractivity contribution in [3.63, 3.8) is 0 Å². The molecule has 1 saturated heterocycles. The molecule has 0 aromatic carbocycles. The monoisotopic (exact) mass is 345 g/mol. The van der Waals surface area contributed by atoms with E-state index < -0.39 is 18.0 Å². The Morgan fingerprint density at radius 1 is 1.59 bits per heavy atom. The van der Waals surface area contributed by atoms with E-state index >= 15 is 0 Å². The molecule has 2 heterocycles. The van der Waals surface area contributed by atoms with Crippen molar-refractivity contribution < 1.29 is 19.8 Å². The Kier molecular flexibility index (Phi) is 5.41. The van der Waals surface area contributed by atoms with Gasteiger partial charge in [-0.05, 0) is 13.3 Å². The average molecular weight is 345 g/mol.